The predicted molar refractivity (Wildman–Crippen MR) is 107 cm³/mol. The summed E-state index contributed by atoms with van der Waals surface area (Å²) in [5, 5.41) is 26.9. The van der Waals surface area contributed by atoms with Crippen molar-refractivity contribution in [2.45, 2.75) is 18.8 Å². The summed E-state index contributed by atoms with van der Waals surface area (Å²) >= 11 is 0. The number of rotatable bonds is 12. The van der Waals surface area contributed by atoms with Gasteiger partial charge >= 0.3 is 5.97 Å². The SMILES string of the molecule is CCC(C(=O)OCCO)(c1ccc(OCCO)cc1)c1ccc(OCCO)cc1. The summed E-state index contributed by atoms with van der Waals surface area (Å²) in [6.45, 7) is 1.76. The molecule has 158 valence electrons. The van der Waals surface area contributed by atoms with E-state index in [0.717, 1.165) is 11.1 Å². The minimum Gasteiger partial charge on any atom is -0.491 e. The Morgan fingerprint density at radius 2 is 1.17 bits per heavy atom. The molecule has 0 fully saturated rings. The second kappa shape index (κ2) is 11.4. The van der Waals surface area contributed by atoms with Crippen LogP contribution in [-0.2, 0) is 14.9 Å². The molecule has 0 radical (unpaired) electrons. The van der Waals surface area contributed by atoms with Crippen LogP contribution in [0.15, 0.2) is 48.5 Å². The summed E-state index contributed by atoms with van der Waals surface area (Å²) in [4.78, 5) is 13.1. The lowest BCUT2D eigenvalue weighted by Gasteiger charge is -2.32. The number of carbonyl (C=O) groups is 1. The number of hydrogen-bond acceptors (Lipinski definition) is 7. The Kier molecular flexibility index (Phi) is 8.92. The molecule has 3 N–H and O–H groups in total. The predicted octanol–water partition coefficient (Wildman–Crippen LogP) is 1.66. The number of hydrogen-bond donors (Lipinski definition) is 3. The van der Waals surface area contributed by atoms with Crippen molar-refractivity contribution in [1.82, 2.24) is 0 Å². The van der Waals surface area contributed by atoms with Crippen LogP contribution in [0.2, 0.25) is 0 Å². The fourth-order valence-electron chi connectivity index (χ4n) is 3.21. The molecule has 0 atom stereocenters. The number of ether oxygens (including phenoxy) is 3. The lowest BCUT2D eigenvalue weighted by molar-refractivity contribution is -0.150. The highest BCUT2D eigenvalue weighted by Crippen LogP contribution is 2.38. The molecule has 0 aliphatic heterocycles. The molecule has 0 spiro atoms. The molecule has 2 aromatic carbocycles. The molecule has 0 bridgehead atoms. The van der Waals surface area contributed by atoms with Crippen LogP contribution in [0.25, 0.3) is 0 Å². The minimum absolute atomic E-state index is 0.0845. The molecule has 0 saturated carbocycles. The zero-order chi connectivity index (χ0) is 21.1. The molecule has 0 saturated heterocycles. The van der Waals surface area contributed by atoms with Gasteiger partial charge in [-0.2, -0.15) is 0 Å². The maximum absolute atomic E-state index is 13.1. The van der Waals surface area contributed by atoms with Crippen molar-refractivity contribution < 1.29 is 34.3 Å². The van der Waals surface area contributed by atoms with Crippen molar-refractivity contribution in [2.24, 2.45) is 0 Å². The van der Waals surface area contributed by atoms with E-state index in [9.17, 15) is 4.79 Å². The highest BCUT2D eigenvalue weighted by molar-refractivity contribution is 5.87. The molecule has 7 nitrogen and oxygen atoms in total. The van der Waals surface area contributed by atoms with Crippen molar-refractivity contribution in [3.05, 3.63) is 59.7 Å². The molecule has 29 heavy (non-hydrogen) atoms. The fourth-order valence-corrected chi connectivity index (χ4v) is 3.21. The van der Waals surface area contributed by atoms with Crippen LogP contribution in [0, 0.1) is 0 Å². The van der Waals surface area contributed by atoms with Gasteiger partial charge in [0.1, 0.15) is 36.7 Å². The van der Waals surface area contributed by atoms with Crippen LogP contribution in [-0.4, -0.2) is 60.9 Å². The number of esters is 1. The van der Waals surface area contributed by atoms with Crippen molar-refractivity contribution in [3.63, 3.8) is 0 Å². The molecule has 0 aromatic heterocycles. The Bertz CT molecular complexity index is 689. The smallest absolute Gasteiger partial charge is 0.321 e. The summed E-state index contributed by atoms with van der Waals surface area (Å²) in [6.07, 6.45) is 0.435. The first-order valence-corrected chi connectivity index (χ1v) is 9.58. The zero-order valence-electron chi connectivity index (χ0n) is 16.5. The van der Waals surface area contributed by atoms with Crippen molar-refractivity contribution in [1.29, 1.82) is 0 Å². The summed E-state index contributed by atoms with van der Waals surface area (Å²) < 4.78 is 16.1. The second-order valence-corrected chi connectivity index (χ2v) is 6.31. The number of carbonyl (C=O) groups excluding carboxylic acids is 1. The van der Waals surface area contributed by atoms with Gasteiger partial charge in [-0.3, -0.25) is 4.79 Å². The molecule has 0 aliphatic carbocycles. The maximum atomic E-state index is 13.1. The molecule has 0 amide bonds. The molecular weight excluding hydrogens is 376 g/mol. The van der Waals surface area contributed by atoms with E-state index in [1.807, 2.05) is 6.92 Å². The van der Waals surface area contributed by atoms with Gasteiger partial charge in [0.25, 0.3) is 0 Å². The van der Waals surface area contributed by atoms with Gasteiger partial charge in [0, 0.05) is 0 Å². The van der Waals surface area contributed by atoms with Crippen molar-refractivity contribution in [2.75, 3.05) is 39.6 Å². The Morgan fingerprint density at radius 3 is 1.52 bits per heavy atom. The van der Waals surface area contributed by atoms with E-state index in [2.05, 4.69) is 0 Å². The van der Waals surface area contributed by atoms with Crippen molar-refractivity contribution >= 4 is 5.97 Å². The normalized spacial score (nSPS) is 11.2. The Labute approximate surface area is 170 Å². The van der Waals surface area contributed by atoms with Gasteiger partial charge < -0.3 is 29.5 Å². The highest BCUT2D eigenvalue weighted by Gasteiger charge is 2.42. The maximum Gasteiger partial charge on any atom is 0.321 e. The summed E-state index contributed by atoms with van der Waals surface area (Å²) in [5.41, 5.74) is 0.381. The van der Waals surface area contributed by atoms with E-state index < -0.39 is 11.4 Å². The fraction of sp³-hybridized carbons (Fsp3) is 0.409. The first kappa shape index (κ1) is 22.7. The van der Waals surface area contributed by atoms with Crippen LogP contribution < -0.4 is 9.47 Å². The average Bonchev–Trinajstić information content (AvgIpc) is 2.77. The first-order valence-electron chi connectivity index (χ1n) is 9.58. The van der Waals surface area contributed by atoms with E-state index in [1.54, 1.807) is 48.5 Å². The molecule has 0 heterocycles. The minimum atomic E-state index is -1.07. The number of aliphatic hydroxyl groups excluding tert-OH is 3. The average molecular weight is 404 g/mol. The third-order valence-electron chi connectivity index (χ3n) is 4.62. The van der Waals surface area contributed by atoms with Gasteiger partial charge in [0.05, 0.1) is 19.8 Å². The van der Waals surface area contributed by atoms with Crippen LogP contribution in [0.5, 0.6) is 11.5 Å². The van der Waals surface area contributed by atoms with Crippen LogP contribution >= 0.6 is 0 Å². The molecule has 7 heteroatoms. The van der Waals surface area contributed by atoms with Gasteiger partial charge in [-0.1, -0.05) is 31.2 Å². The third kappa shape index (κ3) is 5.47. The van der Waals surface area contributed by atoms with Crippen LogP contribution in [0.3, 0.4) is 0 Å². The van der Waals surface area contributed by atoms with Gasteiger partial charge in [-0.25, -0.2) is 0 Å². The topological polar surface area (TPSA) is 105 Å². The number of aliphatic hydroxyl groups is 3. The Balaban J connectivity index is 2.43. The van der Waals surface area contributed by atoms with E-state index in [1.165, 1.54) is 0 Å². The standard InChI is InChI=1S/C22H28O7/c1-2-22(21(26)29-16-13-25,17-3-7-19(8-4-17)27-14-11-23)18-5-9-20(10-6-18)28-15-12-24/h3-10,23-25H,2,11-16H2,1H3. The van der Waals surface area contributed by atoms with E-state index in [-0.39, 0.29) is 39.6 Å². The molecule has 2 rings (SSSR count). The quantitative estimate of drug-likeness (QED) is 0.462. The van der Waals surface area contributed by atoms with E-state index >= 15 is 0 Å². The molecule has 0 aliphatic rings. The Hall–Kier alpha value is -2.61. The highest BCUT2D eigenvalue weighted by atomic mass is 16.5. The third-order valence-corrected chi connectivity index (χ3v) is 4.62. The van der Waals surface area contributed by atoms with Gasteiger partial charge in [0.15, 0.2) is 0 Å². The number of benzene rings is 2. The lowest BCUT2D eigenvalue weighted by Crippen LogP contribution is -2.38. The molecule has 0 unspecified atom stereocenters. The van der Waals surface area contributed by atoms with E-state index in [4.69, 9.17) is 29.5 Å². The summed E-state index contributed by atoms with van der Waals surface area (Å²) in [5.74, 6) is 0.718. The summed E-state index contributed by atoms with van der Waals surface area (Å²) in [7, 11) is 0. The van der Waals surface area contributed by atoms with Gasteiger partial charge in [0.2, 0.25) is 0 Å². The summed E-state index contributed by atoms with van der Waals surface area (Å²) in [6, 6.07) is 14.2. The molecule has 2 aromatic rings. The lowest BCUT2D eigenvalue weighted by atomic mass is 9.72. The van der Waals surface area contributed by atoms with Gasteiger partial charge in [-0.15, -0.1) is 0 Å². The second-order valence-electron chi connectivity index (χ2n) is 6.31. The first-order chi connectivity index (χ1) is 14.1. The van der Waals surface area contributed by atoms with Crippen LogP contribution in [0.1, 0.15) is 24.5 Å². The van der Waals surface area contributed by atoms with E-state index in [0.29, 0.717) is 17.9 Å². The largest absolute Gasteiger partial charge is 0.491 e. The van der Waals surface area contributed by atoms with Gasteiger partial charge in [-0.05, 0) is 41.8 Å². The molecular formula is C22H28O7. The Morgan fingerprint density at radius 1 is 0.759 bits per heavy atom. The van der Waals surface area contributed by atoms with Crippen LogP contribution in [0.4, 0.5) is 0 Å². The van der Waals surface area contributed by atoms with Crippen molar-refractivity contribution in [3.8, 4) is 11.5 Å². The monoisotopic (exact) mass is 404 g/mol. The zero-order valence-corrected chi connectivity index (χ0v) is 16.5.